The van der Waals surface area contributed by atoms with Gasteiger partial charge in [0, 0.05) is 29.9 Å². The van der Waals surface area contributed by atoms with Crippen molar-refractivity contribution in [3.05, 3.63) is 53.1 Å². The molecule has 2 aromatic heterocycles. The zero-order valence-electron chi connectivity index (χ0n) is 16.2. The van der Waals surface area contributed by atoms with Gasteiger partial charge in [-0.15, -0.1) is 0 Å². The number of fused-ring (bicyclic) bond motifs is 1. The van der Waals surface area contributed by atoms with E-state index in [2.05, 4.69) is 14.2 Å². The fourth-order valence-corrected chi connectivity index (χ4v) is 4.00. The van der Waals surface area contributed by atoms with Gasteiger partial charge in [0.2, 0.25) is 0 Å². The molecule has 0 atom stereocenters. The van der Waals surface area contributed by atoms with Gasteiger partial charge < -0.3 is 9.08 Å². The van der Waals surface area contributed by atoms with Crippen LogP contribution in [0, 0.1) is 0 Å². The van der Waals surface area contributed by atoms with Gasteiger partial charge in [0.05, 0.1) is 18.3 Å². The summed E-state index contributed by atoms with van der Waals surface area (Å²) < 4.78 is 66.6. The van der Waals surface area contributed by atoms with Crippen molar-refractivity contribution in [2.45, 2.75) is 24.9 Å². The topological polar surface area (TPSA) is 86.4 Å². The minimum Gasteiger partial charge on any atom is -0.376 e. The van der Waals surface area contributed by atoms with Crippen molar-refractivity contribution in [1.29, 1.82) is 0 Å². The zero-order chi connectivity index (χ0) is 22.2. The molecule has 0 aliphatic carbocycles. The predicted octanol–water partition coefficient (Wildman–Crippen LogP) is 2.51. The smallest absolute Gasteiger partial charge is 0.376 e. The molecule has 0 unspecified atom stereocenters. The van der Waals surface area contributed by atoms with Crippen molar-refractivity contribution in [2.24, 2.45) is 0 Å². The van der Waals surface area contributed by atoms with Gasteiger partial charge in [-0.1, -0.05) is 0 Å². The average Bonchev–Trinajstić information content (AvgIpc) is 3.34. The number of hydrogen-bond donors (Lipinski definition) is 0. The molecule has 0 spiro atoms. The Morgan fingerprint density at radius 2 is 1.81 bits per heavy atom. The number of alkyl halides is 3. The first-order chi connectivity index (χ1) is 14.6. The summed E-state index contributed by atoms with van der Waals surface area (Å²) in [5.41, 5.74) is -4.97. The van der Waals surface area contributed by atoms with Crippen molar-refractivity contribution < 1.29 is 25.8 Å². The summed E-state index contributed by atoms with van der Waals surface area (Å²) in [5, 5.41) is 5.20. The molecular weight excluding hydrogens is 437 g/mol. The molecule has 0 saturated carbocycles. The standard InChI is InChI=1S/C19H19F3N4O4S/c20-19(21,22)31(28,29)30-16-5-8-25(18(27)12-16)15-3-4-17-14(11-15)13-23-26(17)10-9-24-6-1-2-7-24/h3-5,8,11-13H,1-2,6-7,9-10H2. The molecule has 12 heteroatoms. The van der Waals surface area contributed by atoms with Gasteiger partial charge >= 0.3 is 15.6 Å². The Morgan fingerprint density at radius 3 is 2.48 bits per heavy atom. The second-order valence-corrected chi connectivity index (χ2v) is 8.75. The maximum absolute atomic E-state index is 12.4. The third-order valence-electron chi connectivity index (χ3n) is 5.11. The third kappa shape index (κ3) is 4.44. The highest BCUT2D eigenvalue weighted by Crippen LogP contribution is 2.26. The van der Waals surface area contributed by atoms with Gasteiger partial charge in [-0.3, -0.25) is 14.0 Å². The van der Waals surface area contributed by atoms with Crippen LogP contribution in [0.4, 0.5) is 13.2 Å². The first kappa shape index (κ1) is 21.4. The number of halogens is 3. The largest absolute Gasteiger partial charge is 0.534 e. The highest BCUT2D eigenvalue weighted by atomic mass is 32.2. The van der Waals surface area contributed by atoms with Crippen LogP contribution in [0.2, 0.25) is 0 Å². The highest BCUT2D eigenvalue weighted by molar-refractivity contribution is 7.88. The first-order valence-corrected chi connectivity index (χ1v) is 11.0. The van der Waals surface area contributed by atoms with Crippen LogP contribution in [0.3, 0.4) is 0 Å². The Bertz CT molecular complexity index is 1260. The van der Waals surface area contributed by atoms with Crippen molar-refractivity contribution in [3.63, 3.8) is 0 Å². The van der Waals surface area contributed by atoms with E-state index in [1.54, 1.807) is 18.3 Å². The van der Waals surface area contributed by atoms with E-state index in [1.807, 2.05) is 10.7 Å². The fourth-order valence-electron chi connectivity index (χ4n) is 3.54. The van der Waals surface area contributed by atoms with Crippen LogP contribution < -0.4 is 9.74 Å². The molecule has 8 nitrogen and oxygen atoms in total. The first-order valence-electron chi connectivity index (χ1n) is 9.56. The Hall–Kier alpha value is -2.86. The Morgan fingerprint density at radius 1 is 1.06 bits per heavy atom. The van der Waals surface area contributed by atoms with Crippen molar-refractivity contribution in [2.75, 3.05) is 19.6 Å². The quantitative estimate of drug-likeness (QED) is 0.419. The maximum Gasteiger partial charge on any atom is 0.534 e. The molecule has 166 valence electrons. The molecule has 0 amide bonds. The average molecular weight is 456 g/mol. The highest BCUT2D eigenvalue weighted by Gasteiger charge is 2.48. The molecular formula is C19H19F3N4O4S. The lowest BCUT2D eigenvalue weighted by Gasteiger charge is -2.14. The maximum atomic E-state index is 12.4. The Balaban J connectivity index is 1.55. The zero-order valence-corrected chi connectivity index (χ0v) is 17.1. The van der Waals surface area contributed by atoms with Crippen molar-refractivity contribution in [1.82, 2.24) is 19.2 Å². The summed E-state index contributed by atoms with van der Waals surface area (Å²) in [6.45, 7) is 3.83. The van der Waals surface area contributed by atoms with Gasteiger partial charge in [0.1, 0.15) is 5.75 Å². The summed E-state index contributed by atoms with van der Waals surface area (Å²) >= 11 is 0. The van der Waals surface area contributed by atoms with E-state index in [-0.39, 0.29) is 0 Å². The summed E-state index contributed by atoms with van der Waals surface area (Å²) in [4.78, 5) is 14.7. The number of benzene rings is 1. The van der Waals surface area contributed by atoms with Gasteiger partial charge in [0.15, 0.2) is 0 Å². The third-order valence-corrected chi connectivity index (χ3v) is 6.09. The normalized spacial score (nSPS) is 15.6. The molecule has 1 aromatic carbocycles. The lowest BCUT2D eigenvalue weighted by atomic mass is 10.2. The summed E-state index contributed by atoms with van der Waals surface area (Å²) in [5.74, 6) is -0.714. The number of likely N-dealkylation sites (tertiary alicyclic amines) is 1. The number of hydrogen-bond acceptors (Lipinski definition) is 6. The van der Waals surface area contributed by atoms with Crippen LogP contribution in [0.15, 0.2) is 47.5 Å². The van der Waals surface area contributed by atoms with Crippen LogP contribution in [0.25, 0.3) is 16.6 Å². The summed E-state index contributed by atoms with van der Waals surface area (Å²) in [7, 11) is -5.85. The lowest BCUT2D eigenvalue weighted by Crippen LogP contribution is -2.28. The summed E-state index contributed by atoms with van der Waals surface area (Å²) in [6.07, 6.45) is 5.26. The van der Waals surface area contributed by atoms with Crippen LogP contribution in [-0.2, 0) is 16.7 Å². The van der Waals surface area contributed by atoms with E-state index >= 15 is 0 Å². The molecule has 1 aliphatic heterocycles. The van der Waals surface area contributed by atoms with Crippen LogP contribution >= 0.6 is 0 Å². The molecule has 0 bridgehead atoms. The van der Waals surface area contributed by atoms with Crippen molar-refractivity contribution >= 4 is 21.0 Å². The fraction of sp³-hybridized carbons (Fsp3) is 0.368. The van der Waals surface area contributed by atoms with Crippen LogP contribution in [0.1, 0.15) is 12.8 Å². The monoisotopic (exact) mass is 456 g/mol. The lowest BCUT2D eigenvalue weighted by molar-refractivity contribution is -0.0500. The molecule has 1 saturated heterocycles. The van der Waals surface area contributed by atoms with E-state index in [1.165, 1.54) is 17.4 Å². The van der Waals surface area contributed by atoms with Gasteiger partial charge in [-0.05, 0) is 50.2 Å². The second-order valence-electron chi connectivity index (χ2n) is 7.21. The van der Waals surface area contributed by atoms with Crippen LogP contribution in [-0.4, -0.2) is 52.8 Å². The van der Waals surface area contributed by atoms with E-state index in [9.17, 15) is 26.4 Å². The Kier molecular flexibility index (Phi) is 5.52. The molecule has 0 N–H and O–H groups in total. The van der Waals surface area contributed by atoms with E-state index in [0.717, 1.165) is 49.3 Å². The van der Waals surface area contributed by atoms with Crippen molar-refractivity contribution in [3.8, 4) is 11.4 Å². The Labute approximate surface area is 175 Å². The minimum absolute atomic E-state index is 0.460. The minimum atomic E-state index is -5.85. The number of rotatable bonds is 6. The van der Waals surface area contributed by atoms with Gasteiger partial charge in [0.25, 0.3) is 5.56 Å². The summed E-state index contributed by atoms with van der Waals surface area (Å²) in [6, 6.07) is 6.89. The molecule has 1 fully saturated rings. The van der Waals surface area contributed by atoms with Gasteiger partial charge in [-0.2, -0.15) is 26.7 Å². The SMILES string of the molecule is O=c1cc(OS(=O)(=O)C(F)(F)F)ccn1-c1ccc2c(cnn2CCN2CCCC2)c1. The number of aromatic nitrogens is 3. The van der Waals surface area contributed by atoms with E-state index < -0.39 is 26.9 Å². The predicted molar refractivity (Wildman–Crippen MR) is 107 cm³/mol. The molecule has 3 heterocycles. The second kappa shape index (κ2) is 8.00. The molecule has 3 aromatic rings. The van der Waals surface area contributed by atoms with Crippen LogP contribution in [0.5, 0.6) is 5.75 Å². The number of nitrogens with zero attached hydrogens (tertiary/aromatic N) is 4. The van der Waals surface area contributed by atoms with E-state index in [0.29, 0.717) is 11.8 Å². The molecule has 1 aliphatic rings. The van der Waals surface area contributed by atoms with E-state index in [4.69, 9.17) is 0 Å². The van der Waals surface area contributed by atoms with Gasteiger partial charge in [-0.25, -0.2) is 0 Å². The molecule has 31 heavy (non-hydrogen) atoms. The molecule has 4 rings (SSSR count). The molecule has 0 radical (unpaired) electrons. The number of pyridine rings is 1.